The number of carbonyl (C=O) groups excluding carboxylic acids is 1. The molecule has 0 aliphatic heterocycles. The molecule has 3 saturated carbocycles. The van der Waals surface area contributed by atoms with Crippen LogP contribution in [0.25, 0.3) is 0 Å². The first-order valence-corrected chi connectivity index (χ1v) is 9.74. The van der Waals surface area contributed by atoms with Gasteiger partial charge in [0.05, 0.1) is 6.10 Å². The minimum absolute atomic E-state index is 0.117. The Morgan fingerprint density at radius 1 is 1.13 bits per heavy atom. The van der Waals surface area contributed by atoms with Crippen molar-refractivity contribution >= 4 is 5.78 Å². The third kappa shape index (κ3) is 2.13. The molecule has 0 aromatic carbocycles. The average molecular weight is 316 g/mol. The van der Waals surface area contributed by atoms with Crippen molar-refractivity contribution < 1.29 is 9.90 Å². The molecule has 0 aromatic rings. The normalized spacial score (nSPS) is 52.2. The number of Topliss-reactive ketones (excluding diaryl/α,β-unsaturated/α-hetero) is 1. The summed E-state index contributed by atoms with van der Waals surface area (Å²) in [5, 5.41) is 10.1. The van der Waals surface area contributed by atoms with E-state index in [1.165, 1.54) is 25.7 Å². The van der Waals surface area contributed by atoms with Crippen LogP contribution in [0.15, 0.2) is 11.6 Å². The van der Waals surface area contributed by atoms with Crippen LogP contribution in [0.4, 0.5) is 0 Å². The second-order valence-corrected chi connectivity index (χ2v) is 9.44. The molecule has 0 aromatic heterocycles. The molecule has 0 bridgehead atoms. The lowest BCUT2D eigenvalue weighted by atomic mass is 9.47. The number of aliphatic hydroxyl groups is 1. The molecule has 128 valence electrons. The number of rotatable bonds is 1. The van der Waals surface area contributed by atoms with E-state index in [4.69, 9.17) is 0 Å². The maximum atomic E-state index is 12.2. The molecule has 0 spiro atoms. The van der Waals surface area contributed by atoms with Crippen molar-refractivity contribution in [3.63, 3.8) is 0 Å². The van der Waals surface area contributed by atoms with Crippen LogP contribution in [0.1, 0.15) is 72.1 Å². The monoisotopic (exact) mass is 316 g/mol. The minimum Gasteiger partial charge on any atom is -0.393 e. The van der Waals surface area contributed by atoms with Crippen molar-refractivity contribution in [3.05, 3.63) is 11.6 Å². The van der Waals surface area contributed by atoms with Crippen molar-refractivity contribution in [1.82, 2.24) is 0 Å². The highest BCUT2D eigenvalue weighted by Crippen LogP contribution is 2.66. The predicted molar refractivity (Wildman–Crippen MR) is 91.9 cm³/mol. The van der Waals surface area contributed by atoms with E-state index >= 15 is 0 Å². The van der Waals surface area contributed by atoms with E-state index in [1.807, 2.05) is 6.92 Å². The molecule has 2 heteroatoms. The molecule has 1 N–H and O–H groups in total. The van der Waals surface area contributed by atoms with Gasteiger partial charge in [-0.05, 0) is 86.9 Å². The van der Waals surface area contributed by atoms with Crippen molar-refractivity contribution in [2.45, 2.75) is 78.2 Å². The van der Waals surface area contributed by atoms with Gasteiger partial charge in [0.25, 0.3) is 0 Å². The molecule has 0 heterocycles. The maximum Gasteiger partial charge on any atom is 0.133 e. The second kappa shape index (κ2) is 5.18. The van der Waals surface area contributed by atoms with Crippen LogP contribution >= 0.6 is 0 Å². The Kier molecular flexibility index (Phi) is 3.58. The standard InChI is InChI=1S/C21H32O2/c1-13(22)17-6-7-18-16-5-4-14-12-15(23)8-10-20(14,2)19(16)9-11-21(17,18)3/h4,15-19,23H,5-12H2,1-3H3/t15-,16-,17+,18-,19-,20+,21-/m1/s1. The van der Waals surface area contributed by atoms with E-state index in [0.29, 0.717) is 17.1 Å². The number of fused-ring (bicyclic) bond motifs is 5. The van der Waals surface area contributed by atoms with Crippen LogP contribution in [-0.4, -0.2) is 17.0 Å². The fraction of sp³-hybridized carbons (Fsp3) is 0.857. The fourth-order valence-corrected chi connectivity index (χ4v) is 7.31. The summed E-state index contributed by atoms with van der Waals surface area (Å²) in [7, 11) is 0. The Morgan fingerprint density at radius 3 is 2.65 bits per heavy atom. The first-order valence-electron chi connectivity index (χ1n) is 9.74. The van der Waals surface area contributed by atoms with Gasteiger partial charge in [-0.25, -0.2) is 0 Å². The zero-order valence-electron chi connectivity index (χ0n) is 15.0. The number of ketones is 1. The van der Waals surface area contributed by atoms with Crippen LogP contribution in [0.2, 0.25) is 0 Å². The largest absolute Gasteiger partial charge is 0.393 e. The minimum atomic E-state index is -0.117. The fourth-order valence-electron chi connectivity index (χ4n) is 7.31. The van der Waals surface area contributed by atoms with E-state index < -0.39 is 0 Å². The molecule has 2 nitrogen and oxygen atoms in total. The van der Waals surface area contributed by atoms with E-state index in [0.717, 1.165) is 43.4 Å². The Morgan fingerprint density at radius 2 is 1.91 bits per heavy atom. The summed E-state index contributed by atoms with van der Waals surface area (Å²) in [6.07, 6.45) is 11.5. The second-order valence-electron chi connectivity index (χ2n) is 9.44. The smallest absolute Gasteiger partial charge is 0.133 e. The van der Waals surface area contributed by atoms with Gasteiger partial charge in [-0.3, -0.25) is 4.79 Å². The van der Waals surface area contributed by atoms with Crippen molar-refractivity contribution in [3.8, 4) is 0 Å². The van der Waals surface area contributed by atoms with E-state index in [2.05, 4.69) is 19.9 Å². The zero-order chi connectivity index (χ0) is 16.4. The Balaban J connectivity index is 1.66. The van der Waals surface area contributed by atoms with Crippen LogP contribution in [0.3, 0.4) is 0 Å². The molecule has 3 fully saturated rings. The first kappa shape index (κ1) is 15.9. The molecule has 4 aliphatic rings. The topological polar surface area (TPSA) is 37.3 Å². The zero-order valence-corrected chi connectivity index (χ0v) is 15.0. The average Bonchev–Trinajstić information content (AvgIpc) is 2.85. The third-order valence-electron chi connectivity index (χ3n) is 8.57. The number of hydrogen-bond acceptors (Lipinski definition) is 2. The van der Waals surface area contributed by atoms with Crippen LogP contribution in [0.5, 0.6) is 0 Å². The van der Waals surface area contributed by atoms with E-state index in [1.54, 1.807) is 5.57 Å². The van der Waals surface area contributed by atoms with Gasteiger partial charge in [0, 0.05) is 5.92 Å². The Hall–Kier alpha value is -0.630. The highest BCUT2D eigenvalue weighted by molar-refractivity contribution is 5.79. The Bertz CT molecular complexity index is 550. The molecule has 0 saturated heterocycles. The summed E-state index contributed by atoms with van der Waals surface area (Å²) >= 11 is 0. The van der Waals surface area contributed by atoms with Gasteiger partial charge in [-0.1, -0.05) is 25.5 Å². The van der Waals surface area contributed by atoms with Gasteiger partial charge in [0.1, 0.15) is 5.78 Å². The number of aliphatic hydroxyl groups excluding tert-OH is 1. The summed E-state index contributed by atoms with van der Waals surface area (Å²) in [6, 6.07) is 0. The van der Waals surface area contributed by atoms with Crippen LogP contribution in [0, 0.1) is 34.5 Å². The number of allylic oxidation sites excluding steroid dienone is 1. The van der Waals surface area contributed by atoms with Gasteiger partial charge < -0.3 is 5.11 Å². The highest BCUT2D eigenvalue weighted by atomic mass is 16.3. The summed E-state index contributed by atoms with van der Waals surface area (Å²) < 4.78 is 0. The molecular weight excluding hydrogens is 284 g/mol. The molecular formula is C21H32O2. The van der Waals surface area contributed by atoms with Crippen molar-refractivity contribution in [1.29, 1.82) is 0 Å². The predicted octanol–water partition coefficient (Wildman–Crippen LogP) is 4.52. The van der Waals surface area contributed by atoms with Crippen molar-refractivity contribution in [2.75, 3.05) is 0 Å². The molecule has 4 rings (SSSR count). The molecule has 7 atom stereocenters. The van der Waals surface area contributed by atoms with E-state index in [9.17, 15) is 9.90 Å². The van der Waals surface area contributed by atoms with Gasteiger partial charge in [-0.15, -0.1) is 0 Å². The van der Waals surface area contributed by atoms with Gasteiger partial charge >= 0.3 is 0 Å². The van der Waals surface area contributed by atoms with Crippen LogP contribution < -0.4 is 0 Å². The van der Waals surface area contributed by atoms with Crippen molar-refractivity contribution in [2.24, 2.45) is 34.5 Å². The summed E-state index contributed by atoms with van der Waals surface area (Å²) in [5.74, 6) is 3.00. The highest BCUT2D eigenvalue weighted by Gasteiger charge is 2.59. The first-order chi connectivity index (χ1) is 10.9. The van der Waals surface area contributed by atoms with Gasteiger partial charge in [0.15, 0.2) is 0 Å². The molecule has 0 amide bonds. The van der Waals surface area contributed by atoms with Gasteiger partial charge in [0.2, 0.25) is 0 Å². The molecule has 0 unspecified atom stereocenters. The molecule has 0 radical (unpaired) electrons. The number of carbonyl (C=O) groups is 1. The molecule has 4 aliphatic carbocycles. The quantitative estimate of drug-likeness (QED) is 0.722. The van der Waals surface area contributed by atoms with Gasteiger partial charge in [-0.2, -0.15) is 0 Å². The maximum absolute atomic E-state index is 12.2. The summed E-state index contributed by atoms with van der Waals surface area (Å²) in [4.78, 5) is 12.2. The van der Waals surface area contributed by atoms with Crippen LogP contribution in [-0.2, 0) is 4.79 Å². The summed E-state index contributed by atoms with van der Waals surface area (Å²) in [6.45, 7) is 6.70. The lowest BCUT2D eigenvalue weighted by molar-refractivity contribution is -0.127. The van der Waals surface area contributed by atoms with E-state index in [-0.39, 0.29) is 11.5 Å². The number of hydrogen-bond donors (Lipinski definition) is 1. The Labute approximate surface area is 140 Å². The molecule has 23 heavy (non-hydrogen) atoms. The lowest BCUT2D eigenvalue weighted by Crippen LogP contribution is -2.50. The lowest BCUT2D eigenvalue weighted by Gasteiger charge is -2.57. The third-order valence-corrected chi connectivity index (χ3v) is 8.57. The summed E-state index contributed by atoms with van der Waals surface area (Å²) in [5.41, 5.74) is 2.11. The SMILES string of the molecule is CC(=O)[C@@H]1CC[C@@H]2[C@H]3CC=C4C[C@H](O)CC[C@]4(C)[C@@H]3CC[C@@]21C.